The Morgan fingerprint density at radius 1 is 0.540 bits per heavy atom. The predicted octanol–water partition coefficient (Wildman–Crippen LogP) is 8.13. The summed E-state index contributed by atoms with van der Waals surface area (Å²) in [6, 6.07) is 17.9. The van der Waals surface area contributed by atoms with E-state index in [-0.39, 0.29) is 17.2 Å². The maximum absolute atomic E-state index is 12.7. The van der Waals surface area contributed by atoms with E-state index in [2.05, 4.69) is 13.2 Å². The smallest absolute Gasteiger partial charge is 0.494 e. The Labute approximate surface area is 292 Å². The van der Waals surface area contributed by atoms with Gasteiger partial charge < -0.3 is 33.2 Å². The van der Waals surface area contributed by atoms with E-state index in [4.69, 9.17) is 33.2 Å². The lowest BCUT2D eigenvalue weighted by molar-refractivity contribution is -0.138. The summed E-state index contributed by atoms with van der Waals surface area (Å²) in [6.07, 6.45) is 8.38. The van der Waals surface area contributed by atoms with Gasteiger partial charge in [0.05, 0.1) is 32.0 Å². The number of benzene rings is 3. The first kappa shape index (κ1) is 38.9. The van der Waals surface area contributed by atoms with Crippen molar-refractivity contribution in [3.63, 3.8) is 0 Å². The predicted molar refractivity (Wildman–Crippen MR) is 186 cm³/mol. The Morgan fingerprint density at radius 2 is 1.00 bits per heavy atom. The minimum absolute atomic E-state index is 0.256. The zero-order chi connectivity index (χ0) is 36.0. The van der Waals surface area contributed by atoms with Crippen LogP contribution in [0.1, 0.15) is 67.3 Å². The summed E-state index contributed by atoms with van der Waals surface area (Å²) >= 11 is 0. The number of rotatable bonds is 22. The first-order valence-electron chi connectivity index (χ1n) is 16.5. The lowest BCUT2D eigenvalue weighted by atomic mass is 10.2. The molecule has 50 heavy (non-hydrogen) atoms. The molecule has 0 fully saturated rings. The van der Waals surface area contributed by atoms with Crippen LogP contribution in [0.2, 0.25) is 0 Å². The maximum atomic E-state index is 12.7. The Balaban J connectivity index is 1.33. The van der Waals surface area contributed by atoms with Crippen LogP contribution in [0.5, 0.6) is 28.7 Å². The van der Waals surface area contributed by atoms with Crippen LogP contribution >= 0.6 is 0 Å². The topological polar surface area (TPSA) is 133 Å². The number of esters is 3. The van der Waals surface area contributed by atoms with E-state index in [0.29, 0.717) is 49.1 Å². The van der Waals surface area contributed by atoms with Crippen molar-refractivity contribution >= 4 is 24.1 Å². The van der Waals surface area contributed by atoms with Gasteiger partial charge in [0.2, 0.25) is 0 Å². The number of carbonyl (C=O) groups is 4. The van der Waals surface area contributed by atoms with Gasteiger partial charge in [-0.1, -0.05) is 13.2 Å². The third kappa shape index (κ3) is 15.1. The van der Waals surface area contributed by atoms with Crippen LogP contribution in [-0.2, 0) is 19.1 Å². The van der Waals surface area contributed by atoms with E-state index in [1.807, 2.05) is 0 Å². The van der Waals surface area contributed by atoms with Crippen LogP contribution in [-0.4, -0.2) is 50.5 Å². The third-order valence-electron chi connectivity index (χ3n) is 7.10. The van der Waals surface area contributed by atoms with Crippen molar-refractivity contribution in [2.24, 2.45) is 0 Å². The van der Waals surface area contributed by atoms with Crippen LogP contribution in [0.25, 0.3) is 0 Å². The molecule has 3 rings (SSSR count). The van der Waals surface area contributed by atoms with Gasteiger partial charge in [-0.15, -0.1) is 0 Å². The second kappa shape index (κ2) is 22.1. The second-order valence-electron chi connectivity index (χ2n) is 11.0. The normalized spacial score (nSPS) is 10.3. The first-order chi connectivity index (χ1) is 24.3. The van der Waals surface area contributed by atoms with E-state index in [1.54, 1.807) is 61.5 Å². The fraction of sp³-hybridized carbons (Fsp3) is 0.333. The minimum atomic E-state index is -0.917. The van der Waals surface area contributed by atoms with Crippen molar-refractivity contribution in [1.29, 1.82) is 0 Å². The molecule has 3 aromatic rings. The van der Waals surface area contributed by atoms with Gasteiger partial charge in [-0.3, -0.25) is 0 Å². The molecule has 3 aromatic carbocycles. The number of unbranched alkanes of at least 4 members (excludes halogenated alkanes) is 6. The highest BCUT2D eigenvalue weighted by molar-refractivity contribution is 5.91. The van der Waals surface area contributed by atoms with Crippen LogP contribution in [0, 0.1) is 6.92 Å². The monoisotopic (exact) mass is 688 g/mol. The van der Waals surface area contributed by atoms with Crippen LogP contribution in [0.3, 0.4) is 0 Å². The molecule has 0 aliphatic heterocycles. The molecule has 0 N–H and O–H groups in total. The molecule has 0 heterocycles. The summed E-state index contributed by atoms with van der Waals surface area (Å²) in [7, 11) is 0. The highest BCUT2D eigenvalue weighted by Gasteiger charge is 2.14. The quantitative estimate of drug-likeness (QED) is 0.0333. The van der Waals surface area contributed by atoms with E-state index in [1.165, 1.54) is 12.1 Å². The number of aryl methyl sites for hydroxylation is 1. The van der Waals surface area contributed by atoms with Crippen molar-refractivity contribution < 1.29 is 52.3 Å². The lowest BCUT2D eigenvalue weighted by Gasteiger charge is -2.11. The fourth-order valence-corrected chi connectivity index (χ4v) is 4.42. The van der Waals surface area contributed by atoms with Crippen molar-refractivity contribution in [1.82, 2.24) is 0 Å². The van der Waals surface area contributed by atoms with Gasteiger partial charge in [0.25, 0.3) is 0 Å². The van der Waals surface area contributed by atoms with Gasteiger partial charge in [-0.2, -0.15) is 0 Å². The number of hydrogen-bond acceptors (Lipinski definition) is 11. The Kier molecular flexibility index (Phi) is 17.2. The first-order valence-corrected chi connectivity index (χ1v) is 16.5. The Bertz CT molecular complexity index is 1550. The maximum Gasteiger partial charge on any atom is 0.519 e. The van der Waals surface area contributed by atoms with Crippen molar-refractivity contribution in [3.05, 3.63) is 103 Å². The van der Waals surface area contributed by atoms with Gasteiger partial charge in [-0.25, -0.2) is 19.2 Å². The number of hydrogen-bond donors (Lipinski definition) is 0. The lowest BCUT2D eigenvalue weighted by Crippen LogP contribution is -2.14. The molecule has 0 aliphatic rings. The van der Waals surface area contributed by atoms with Crippen molar-refractivity contribution in [3.8, 4) is 28.7 Å². The summed E-state index contributed by atoms with van der Waals surface area (Å²) in [5.41, 5.74) is 0.917. The van der Waals surface area contributed by atoms with Gasteiger partial charge in [0.15, 0.2) is 0 Å². The highest BCUT2D eigenvalue weighted by Crippen LogP contribution is 2.26. The molecule has 0 atom stereocenters. The minimum Gasteiger partial charge on any atom is -0.494 e. The van der Waals surface area contributed by atoms with E-state index in [0.717, 1.165) is 63.5 Å². The molecule has 0 amide bonds. The van der Waals surface area contributed by atoms with Crippen LogP contribution in [0.15, 0.2) is 92.0 Å². The fourth-order valence-electron chi connectivity index (χ4n) is 4.42. The Hall–Kier alpha value is -5.58. The molecule has 0 radical (unpaired) electrons. The van der Waals surface area contributed by atoms with E-state index in [9.17, 15) is 19.2 Å². The molecular formula is C39H44O11. The van der Waals surface area contributed by atoms with Gasteiger partial charge in [0.1, 0.15) is 28.7 Å². The van der Waals surface area contributed by atoms with Crippen LogP contribution in [0.4, 0.5) is 4.79 Å². The molecule has 11 nitrogen and oxygen atoms in total. The third-order valence-corrected chi connectivity index (χ3v) is 7.10. The van der Waals surface area contributed by atoms with Gasteiger partial charge in [-0.05, 0) is 131 Å². The molecular weight excluding hydrogens is 644 g/mol. The average Bonchev–Trinajstić information content (AvgIpc) is 3.12. The molecule has 0 saturated heterocycles. The molecule has 0 saturated carbocycles. The van der Waals surface area contributed by atoms with E-state index >= 15 is 0 Å². The molecule has 0 aromatic heterocycles. The van der Waals surface area contributed by atoms with Crippen molar-refractivity contribution in [2.75, 3.05) is 26.4 Å². The molecule has 0 aliphatic carbocycles. The summed E-state index contributed by atoms with van der Waals surface area (Å²) in [5, 5.41) is 0. The highest BCUT2D eigenvalue weighted by atomic mass is 16.7. The van der Waals surface area contributed by atoms with E-state index < -0.39 is 24.1 Å². The molecule has 0 bridgehead atoms. The molecule has 11 heteroatoms. The number of ether oxygens (including phenoxy) is 7. The molecule has 0 unspecified atom stereocenters. The largest absolute Gasteiger partial charge is 0.519 e. The zero-order valence-corrected chi connectivity index (χ0v) is 28.4. The van der Waals surface area contributed by atoms with Gasteiger partial charge in [0, 0.05) is 12.2 Å². The zero-order valence-electron chi connectivity index (χ0n) is 28.4. The summed E-state index contributed by atoms with van der Waals surface area (Å²) in [5.74, 6) is 0.751. The van der Waals surface area contributed by atoms with Gasteiger partial charge >= 0.3 is 24.1 Å². The summed E-state index contributed by atoms with van der Waals surface area (Å²) in [6.45, 7) is 10.3. The summed E-state index contributed by atoms with van der Waals surface area (Å²) < 4.78 is 37.5. The molecule has 266 valence electrons. The number of carbonyl (C=O) groups excluding carboxylic acids is 4. The Morgan fingerprint density at radius 3 is 1.50 bits per heavy atom. The molecule has 0 spiro atoms. The summed E-state index contributed by atoms with van der Waals surface area (Å²) in [4.78, 5) is 47.1. The average molecular weight is 689 g/mol. The van der Waals surface area contributed by atoms with Crippen LogP contribution < -0.4 is 23.7 Å². The standard InChI is InChI=1S/C39H44O11/c1-4-36(40)46-26-12-8-6-10-24-44-31-16-14-30(15-17-31)38(42)48-34-22-23-35(29(3)28-34)50-39(43)49-33-20-18-32(19-21-33)45-25-11-7-9-13-27-47-37(41)5-2/h4-5,14-23,28H,1-2,6-13,24-27H2,3H3. The SMILES string of the molecule is C=CC(=O)OCCCCCCOc1ccc(OC(=O)Oc2ccc(OC(=O)c3ccc(OCCCCCCOC(=O)C=C)cc3)cc2C)cc1. The van der Waals surface area contributed by atoms with Crippen molar-refractivity contribution in [2.45, 2.75) is 58.3 Å². The second-order valence-corrected chi connectivity index (χ2v) is 11.0.